The van der Waals surface area contributed by atoms with Crippen molar-refractivity contribution < 1.29 is 9.53 Å². The predicted octanol–water partition coefficient (Wildman–Crippen LogP) is 3.46. The molecule has 7 heteroatoms. The molecule has 1 fully saturated rings. The van der Waals surface area contributed by atoms with Crippen molar-refractivity contribution in [1.82, 2.24) is 4.98 Å². The van der Waals surface area contributed by atoms with Gasteiger partial charge in [0.15, 0.2) is 12.4 Å². The summed E-state index contributed by atoms with van der Waals surface area (Å²) in [6.07, 6.45) is 3.41. The number of benzene rings is 1. The third-order valence-corrected chi connectivity index (χ3v) is 5.00. The number of aromatic nitrogens is 1. The molecule has 1 aromatic carbocycles. The Morgan fingerprint density at radius 1 is 1.39 bits per heavy atom. The van der Waals surface area contributed by atoms with Crippen LogP contribution in [0.4, 0.5) is 0 Å². The van der Waals surface area contributed by atoms with Gasteiger partial charge in [-0.3, -0.25) is 10.2 Å². The molecule has 0 amide bonds. The summed E-state index contributed by atoms with van der Waals surface area (Å²) in [5.41, 5.74) is 0.845. The lowest BCUT2D eigenvalue weighted by Gasteiger charge is -2.02. The van der Waals surface area contributed by atoms with Crippen LogP contribution in [0.3, 0.4) is 0 Å². The van der Waals surface area contributed by atoms with E-state index in [-0.39, 0.29) is 12.4 Å². The zero-order chi connectivity index (χ0) is 16.2. The third kappa shape index (κ3) is 3.33. The Bertz CT molecular complexity index is 805. The summed E-state index contributed by atoms with van der Waals surface area (Å²) in [5, 5.41) is 19.3. The van der Waals surface area contributed by atoms with Crippen molar-refractivity contribution in [1.29, 1.82) is 10.7 Å². The van der Waals surface area contributed by atoms with E-state index in [0.717, 1.165) is 5.56 Å². The minimum absolute atomic E-state index is 0.00142. The molecule has 1 N–H and O–H groups in total. The number of carbonyl (C=O) groups is 1. The fourth-order valence-electron chi connectivity index (χ4n) is 2.12. The number of Topliss-reactive ketones (excluding diaryl/α,β-unsaturated/α-hetero) is 1. The van der Waals surface area contributed by atoms with Gasteiger partial charge in [-0.15, -0.1) is 11.3 Å². The zero-order valence-electron chi connectivity index (χ0n) is 11.9. The van der Waals surface area contributed by atoms with Crippen molar-refractivity contribution in [3.05, 3.63) is 51.3 Å². The number of thiazole rings is 1. The fourth-order valence-corrected chi connectivity index (χ4v) is 3.92. The molecular formula is C16H11N3O2S2. The number of thioether (sulfide) groups is 1. The molecule has 1 aliphatic heterocycles. The van der Waals surface area contributed by atoms with Gasteiger partial charge in [0.25, 0.3) is 0 Å². The first-order valence-electron chi connectivity index (χ1n) is 6.70. The molecule has 1 aromatic heterocycles. The molecule has 1 saturated heterocycles. The summed E-state index contributed by atoms with van der Waals surface area (Å²) in [5.74, 6) is -0.0447. The van der Waals surface area contributed by atoms with Gasteiger partial charge in [0.1, 0.15) is 22.7 Å². The summed E-state index contributed by atoms with van der Waals surface area (Å²) in [6, 6.07) is 9.03. The van der Waals surface area contributed by atoms with Crippen molar-refractivity contribution in [2.24, 2.45) is 0 Å². The number of nitrogens with zero attached hydrogens (tertiary/aromatic N) is 2. The van der Waals surface area contributed by atoms with E-state index >= 15 is 0 Å². The van der Waals surface area contributed by atoms with Gasteiger partial charge in [-0.2, -0.15) is 5.26 Å². The average Bonchev–Trinajstić information content (AvgIpc) is 3.15. The Hall–Kier alpha value is -2.43. The predicted molar refractivity (Wildman–Crippen MR) is 90.7 cm³/mol. The molecule has 2 aromatic rings. The number of rotatable bonds is 4. The number of carbonyl (C=O) groups excluding carboxylic acids is 1. The van der Waals surface area contributed by atoms with Crippen LogP contribution < -0.4 is 4.74 Å². The number of nitriles is 1. The molecule has 2 heterocycles. The second-order valence-corrected chi connectivity index (χ2v) is 6.67. The Morgan fingerprint density at radius 3 is 2.83 bits per heavy atom. The minimum atomic E-state index is -0.565. The molecular weight excluding hydrogens is 330 g/mol. The molecule has 1 aliphatic rings. The first-order valence-corrected chi connectivity index (χ1v) is 8.40. The van der Waals surface area contributed by atoms with Crippen molar-refractivity contribution in [3.63, 3.8) is 0 Å². The molecule has 0 bridgehead atoms. The normalized spacial score (nSPS) is 19.1. The minimum Gasteiger partial charge on any atom is -0.479 e. The third-order valence-electron chi connectivity index (χ3n) is 3.17. The highest BCUT2D eigenvalue weighted by Gasteiger charge is 2.38. The number of ether oxygens (including phenoxy) is 1. The van der Waals surface area contributed by atoms with E-state index in [0.29, 0.717) is 20.7 Å². The van der Waals surface area contributed by atoms with Gasteiger partial charge < -0.3 is 4.74 Å². The topological polar surface area (TPSA) is 86.8 Å². The Kier molecular flexibility index (Phi) is 4.55. The number of nitrogens with one attached hydrogen (secondary N) is 1. The van der Waals surface area contributed by atoms with Crippen molar-refractivity contribution in [3.8, 4) is 11.8 Å². The number of ketones is 1. The highest BCUT2D eigenvalue weighted by molar-refractivity contribution is 8.19. The maximum atomic E-state index is 12.5. The van der Waals surface area contributed by atoms with Gasteiger partial charge >= 0.3 is 0 Å². The second-order valence-electron chi connectivity index (χ2n) is 4.66. The number of hydrogen-bond acceptors (Lipinski definition) is 7. The Labute approximate surface area is 141 Å². The van der Waals surface area contributed by atoms with Gasteiger partial charge in [0, 0.05) is 11.6 Å². The van der Waals surface area contributed by atoms with E-state index in [9.17, 15) is 4.79 Å². The SMILES string of the molecule is N#CCOc1ccc(/C=C2\SC(=N)[C@H](c3nccs3)C2=O)cc1. The van der Waals surface area contributed by atoms with Gasteiger partial charge in [0.05, 0.1) is 9.95 Å². The summed E-state index contributed by atoms with van der Waals surface area (Å²) in [6.45, 7) is 0.00142. The van der Waals surface area contributed by atoms with Gasteiger partial charge in [0.2, 0.25) is 0 Å². The van der Waals surface area contributed by atoms with Crippen LogP contribution in [0.5, 0.6) is 5.75 Å². The van der Waals surface area contributed by atoms with Crippen LogP contribution in [0.1, 0.15) is 16.5 Å². The first-order chi connectivity index (χ1) is 11.2. The van der Waals surface area contributed by atoms with Crippen LogP contribution in [-0.2, 0) is 4.79 Å². The Morgan fingerprint density at radius 2 is 2.17 bits per heavy atom. The van der Waals surface area contributed by atoms with Crippen LogP contribution in [0, 0.1) is 16.7 Å². The fraction of sp³-hybridized carbons (Fsp3) is 0.125. The molecule has 0 aliphatic carbocycles. The van der Waals surface area contributed by atoms with E-state index < -0.39 is 5.92 Å². The van der Waals surface area contributed by atoms with Gasteiger partial charge in [-0.25, -0.2) is 4.98 Å². The van der Waals surface area contributed by atoms with E-state index in [2.05, 4.69) is 4.98 Å². The summed E-state index contributed by atoms with van der Waals surface area (Å²) in [4.78, 5) is 17.2. The standard InChI is InChI=1S/C16H11N3O2S2/c17-5-7-21-11-3-1-10(2-4-11)9-12-14(20)13(15(18)23-12)16-19-6-8-22-16/h1-4,6,8-9,13,18H,7H2/b12-9-,18-15?/t13-/m1/s1. The lowest BCUT2D eigenvalue weighted by molar-refractivity contribution is -0.114. The molecule has 3 rings (SSSR count). The number of hydrogen-bond donors (Lipinski definition) is 1. The Balaban J connectivity index is 1.79. The van der Waals surface area contributed by atoms with Gasteiger partial charge in [-0.1, -0.05) is 23.9 Å². The molecule has 23 heavy (non-hydrogen) atoms. The van der Waals surface area contributed by atoms with E-state index in [1.165, 1.54) is 23.1 Å². The highest BCUT2D eigenvalue weighted by Crippen LogP contribution is 2.41. The highest BCUT2D eigenvalue weighted by atomic mass is 32.2. The van der Waals surface area contributed by atoms with E-state index in [1.54, 1.807) is 24.4 Å². The van der Waals surface area contributed by atoms with Crippen molar-refractivity contribution in [2.75, 3.05) is 6.61 Å². The van der Waals surface area contributed by atoms with Crippen LogP contribution in [0.15, 0.2) is 40.7 Å². The monoisotopic (exact) mass is 341 g/mol. The van der Waals surface area contributed by atoms with Crippen LogP contribution >= 0.6 is 23.1 Å². The lowest BCUT2D eigenvalue weighted by Crippen LogP contribution is -2.11. The van der Waals surface area contributed by atoms with Crippen LogP contribution in [-0.4, -0.2) is 22.4 Å². The van der Waals surface area contributed by atoms with Crippen molar-refractivity contribution >= 4 is 40.0 Å². The summed E-state index contributed by atoms with van der Waals surface area (Å²) >= 11 is 2.57. The molecule has 5 nitrogen and oxygen atoms in total. The maximum absolute atomic E-state index is 12.5. The second kappa shape index (κ2) is 6.77. The van der Waals surface area contributed by atoms with E-state index in [1.807, 2.05) is 23.6 Å². The average molecular weight is 341 g/mol. The molecule has 1 atom stereocenters. The van der Waals surface area contributed by atoms with Crippen LogP contribution in [0.2, 0.25) is 0 Å². The molecule has 0 radical (unpaired) electrons. The quantitative estimate of drug-likeness (QED) is 0.861. The number of allylic oxidation sites excluding steroid dienone is 1. The molecule has 0 unspecified atom stereocenters. The van der Waals surface area contributed by atoms with Gasteiger partial charge in [-0.05, 0) is 23.8 Å². The smallest absolute Gasteiger partial charge is 0.186 e. The maximum Gasteiger partial charge on any atom is 0.186 e. The van der Waals surface area contributed by atoms with E-state index in [4.69, 9.17) is 15.4 Å². The summed E-state index contributed by atoms with van der Waals surface area (Å²) < 4.78 is 5.19. The zero-order valence-corrected chi connectivity index (χ0v) is 13.5. The van der Waals surface area contributed by atoms with Crippen LogP contribution in [0.25, 0.3) is 6.08 Å². The largest absolute Gasteiger partial charge is 0.479 e. The molecule has 0 saturated carbocycles. The molecule has 114 valence electrons. The summed E-state index contributed by atoms with van der Waals surface area (Å²) in [7, 11) is 0. The van der Waals surface area contributed by atoms with Crippen molar-refractivity contribution in [2.45, 2.75) is 5.92 Å². The lowest BCUT2D eigenvalue weighted by atomic mass is 10.1. The molecule has 0 spiro atoms. The first kappa shape index (κ1) is 15.5.